The van der Waals surface area contributed by atoms with Gasteiger partial charge in [-0.3, -0.25) is 0 Å². The summed E-state index contributed by atoms with van der Waals surface area (Å²) in [4.78, 5) is 29.7. The first-order valence-corrected chi connectivity index (χ1v) is 7.59. The van der Waals surface area contributed by atoms with Gasteiger partial charge in [0.2, 0.25) is 0 Å². The van der Waals surface area contributed by atoms with Crippen molar-refractivity contribution in [3.05, 3.63) is 38.0 Å². The van der Waals surface area contributed by atoms with Crippen molar-refractivity contribution >= 4 is 17.9 Å². The Kier molecular flexibility index (Phi) is 22.8. The van der Waals surface area contributed by atoms with Gasteiger partial charge in [-0.1, -0.05) is 52.8 Å². The van der Waals surface area contributed by atoms with Gasteiger partial charge in [0.25, 0.3) is 0 Å². The van der Waals surface area contributed by atoms with Gasteiger partial charge in [-0.2, -0.15) is 0 Å². The van der Waals surface area contributed by atoms with Crippen LogP contribution in [0.25, 0.3) is 0 Å². The number of carbonyl (C=O) groups is 3. The Labute approximate surface area is 144 Å². The molecule has 0 fully saturated rings. The SMILES string of the molecule is C=CC(=O)O.C=CC(=O)OC.C=CC(=O)OCCCCCC(C)C. The summed E-state index contributed by atoms with van der Waals surface area (Å²) in [5.41, 5.74) is 0. The third-order valence-corrected chi connectivity index (χ3v) is 2.38. The first-order valence-electron chi connectivity index (χ1n) is 7.59. The van der Waals surface area contributed by atoms with E-state index in [2.05, 4.69) is 38.3 Å². The van der Waals surface area contributed by atoms with Gasteiger partial charge in [-0.25, -0.2) is 14.4 Å². The van der Waals surface area contributed by atoms with Gasteiger partial charge in [0.15, 0.2) is 0 Å². The van der Waals surface area contributed by atoms with Gasteiger partial charge >= 0.3 is 17.9 Å². The molecule has 0 aliphatic carbocycles. The summed E-state index contributed by atoms with van der Waals surface area (Å²) in [5, 5.41) is 7.60. The van der Waals surface area contributed by atoms with E-state index in [-0.39, 0.29) is 5.97 Å². The molecule has 0 heterocycles. The van der Waals surface area contributed by atoms with Gasteiger partial charge in [0.05, 0.1) is 13.7 Å². The predicted molar refractivity (Wildman–Crippen MR) is 94.5 cm³/mol. The molecule has 0 radical (unpaired) electrons. The molecule has 0 aromatic rings. The Hall–Kier alpha value is -2.37. The summed E-state index contributed by atoms with van der Waals surface area (Å²) in [7, 11) is 1.31. The lowest BCUT2D eigenvalue weighted by molar-refractivity contribution is -0.138. The Morgan fingerprint density at radius 3 is 1.75 bits per heavy atom. The van der Waals surface area contributed by atoms with Gasteiger partial charge < -0.3 is 14.6 Å². The third-order valence-electron chi connectivity index (χ3n) is 2.38. The Bertz CT molecular complexity index is 385. The van der Waals surface area contributed by atoms with Crippen LogP contribution in [0.2, 0.25) is 0 Å². The molecule has 0 aliphatic rings. The van der Waals surface area contributed by atoms with Crippen LogP contribution < -0.4 is 0 Å². The number of ether oxygens (including phenoxy) is 2. The van der Waals surface area contributed by atoms with E-state index >= 15 is 0 Å². The third kappa shape index (κ3) is 31.8. The van der Waals surface area contributed by atoms with Crippen LogP contribution in [-0.2, 0) is 23.9 Å². The summed E-state index contributed by atoms with van der Waals surface area (Å²) < 4.78 is 8.98. The number of hydrogen-bond acceptors (Lipinski definition) is 5. The van der Waals surface area contributed by atoms with Gasteiger partial charge in [0, 0.05) is 18.2 Å². The highest BCUT2D eigenvalue weighted by Crippen LogP contribution is 2.07. The molecule has 0 rings (SSSR count). The lowest BCUT2D eigenvalue weighted by Gasteiger charge is -2.04. The molecular formula is C18H30O6. The number of aliphatic carboxylic acids is 1. The molecule has 0 amide bonds. The molecule has 0 spiro atoms. The van der Waals surface area contributed by atoms with E-state index < -0.39 is 11.9 Å². The summed E-state index contributed by atoms with van der Waals surface area (Å²) in [5.74, 6) is -0.917. The van der Waals surface area contributed by atoms with Crippen LogP contribution in [0.3, 0.4) is 0 Å². The van der Waals surface area contributed by atoms with E-state index in [9.17, 15) is 14.4 Å². The topological polar surface area (TPSA) is 89.9 Å². The van der Waals surface area contributed by atoms with Gasteiger partial charge in [-0.05, 0) is 12.3 Å². The van der Waals surface area contributed by atoms with Crippen molar-refractivity contribution in [3.63, 3.8) is 0 Å². The molecule has 0 bridgehead atoms. The molecule has 24 heavy (non-hydrogen) atoms. The monoisotopic (exact) mass is 342 g/mol. The van der Waals surface area contributed by atoms with E-state index in [1.165, 1.54) is 26.0 Å². The van der Waals surface area contributed by atoms with E-state index in [1.54, 1.807) is 0 Å². The van der Waals surface area contributed by atoms with Gasteiger partial charge in [-0.15, -0.1) is 0 Å². The number of esters is 2. The summed E-state index contributed by atoms with van der Waals surface area (Å²) in [6, 6.07) is 0. The number of rotatable bonds is 9. The second-order valence-electron chi connectivity index (χ2n) is 4.88. The van der Waals surface area contributed by atoms with Crippen molar-refractivity contribution in [3.8, 4) is 0 Å². The summed E-state index contributed by atoms with van der Waals surface area (Å²) in [6.07, 6.45) is 7.74. The second kappa shape index (κ2) is 20.6. The van der Waals surface area contributed by atoms with Crippen LogP contribution in [0.5, 0.6) is 0 Å². The maximum Gasteiger partial charge on any atom is 0.330 e. The standard InChI is InChI=1S/C11H20O2.C4H6O2.C3H4O2/c1-4-11(12)13-9-7-5-6-8-10(2)3;1-3-4(5)6-2;1-2-3(4)5/h4,10H,1,5-9H2,2-3H3;3H,1H2,2H3;2H,1H2,(H,4,5). The minimum Gasteiger partial charge on any atom is -0.478 e. The maximum absolute atomic E-state index is 10.6. The van der Waals surface area contributed by atoms with Crippen molar-refractivity contribution in [2.75, 3.05) is 13.7 Å². The van der Waals surface area contributed by atoms with E-state index in [0.29, 0.717) is 6.61 Å². The van der Waals surface area contributed by atoms with E-state index in [4.69, 9.17) is 9.84 Å². The van der Waals surface area contributed by atoms with Crippen molar-refractivity contribution in [1.82, 2.24) is 0 Å². The number of hydrogen-bond donors (Lipinski definition) is 1. The van der Waals surface area contributed by atoms with E-state index in [0.717, 1.165) is 30.9 Å². The number of carbonyl (C=O) groups excluding carboxylic acids is 2. The molecule has 6 nitrogen and oxygen atoms in total. The molecule has 0 saturated heterocycles. The molecule has 0 aliphatic heterocycles. The normalized spacial score (nSPS) is 8.50. The lowest BCUT2D eigenvalue weighted by atomic mass is 10.1. The largest absolute Gasteiger partial charge is 0.478 e. The maximum atomic E-state index is 10.6. The molecule has 138 valence electrons. The Balaban J connectivity index is -0.000000332. The number of carboxylic acid groups (broad SMARTS) is 1. The van der Waals surface area contributed by atoms with Crippen molar-refractivity contribution in [1.29, 1.82) is 0 Å². The zero-order chi connectivity index (χ0) is 19.4. The minimum absolute atomic E-state index is 0.316. The first kappa shape index (κ1) is 26.5. The number of unbranched alkanes of at least 4 members (excludes halogenated alkanes) is 2. The van der Waals surface area contributed by atoms with Crippen molar-refractivity contribution in [2.24, 2.45) is 5.92 Å². The highest BCUT2D eigenvalue weighted by molar-refractivity contribution is 5.81. The summed E-state index contributed by atoms with van der Waals surface area (Å²) in [6.45, 7) is 14.4. The number of carboxylic acids is 1. The smallest absolute Gasteiger partial charge is 0.330 e. The molecule has 0 atom stereocenters. The van der Waals surface area contributed by atoms with Gasteiger partial charge in [0.1, 0.15) is 0 Å². The molecule has 1 N–H and O–H groups in total. The van der Waals surface area contributed by atoms with E-state index in [1.807, 2.05) is 0 Å². The van der Waals surface area contributed by atoms with Crippen LogP contribution in [-0.4, -0.2) is 36.7 Å². The molecular weight excluding hydrogens is 312 g/mol. The zero-order valence-electron chi connectivity index (χ0n) is 15.0. The fourth-order valence-corrected chi connectivity index (χ4v) is 1.15. The molecule has 0 unspecified atom stereocenters. The molecule has 0 aromatic carbocycles. The van der Waals surface area contributed by atoms with Crippen LogP contribution in [0.15, 0.2) is 38.0 Å². The highest BCUT2D eigenvalue weighted by atomic mass is 16.5. The average molecular weight is 342 g/mol. The van der Waals surface area contributed by atoms with Crippen LogP contribution >= 0.6 is 0 Å². The Morgan fingerprint density at radius 2 is 1.46 bits per heavy atom. The first-order chi connectivity index (χ1) is 11.2. The highest BCUT2D eigenvalue weighted by Gasteiger charge is 1.96. The summed E-state index contributed by atoms with van der Waals surface area (Å²) >= 11 is 0. The predicted octanol–water partition coefficient (Wildman–Crippen LogP) is 3.53. The zero-order valence-corrected chi connectivity index (χ0v) is 15.0. The number of methoxy groups -OCH3 is 1. The lowest BCUT2D eigenvalue weighted by Crippen LogP contribution is -2.01. The van der Waals surface area contributed by atoms with Crippen molar-refractivity contribution in [2.45, 2.75) is 39.5 Å². The second-order valence-corrected chi connectivity index (χ2v) is 4.88. The molecule has 0 aromatic heterocycles. The minimum atomic E-state index is -0.981. The fourth-order valence-electron chi connectivity index (χ4n) is 1.15. The van der Waals surface area contributed by atoms with Crippen LogP contribution in [0, 0.1) is 5.92 Å². The Morgan fingerprint density at radius 1 is 0.958 bits per heavy atom. The fraction of sp³-hybridized carbons (Fsp3) is 0.500. The van der Waals surface area contributed by atoms with Crippen LogP contribution in [0.4, 0.5) is 0 Å². The average Bonchev–Trinajstić information content (AvgIpc) is 2.57. The molecule has 6 heteroatoms. The quantitative estimate of drug-likeness (QED) is 0.391. The van der Waals surface area contributed by atoms with Crippen molar-refractivity contribution < 1.29 is 29.0 Å². The van der Waals surface area contributed by atoms with Crippen LogP contribution in [0.1, 0.15) is 39.5 Å². The molecule has 0 saturated carbocycles.